The first-order valence-corrected chi connectivity index (χ1v) is 8.12. The van der Waals surface area contributed by atoms with E-state index in [0.717, 1.165) is 32.7 Å². The predicted molar refractivity (Wildman–Crippen MR) is 95.8 cm³/mol. The second-order valence-electron chi connectivity index (χ2n) is 7.56. The predicted octanol–water partition coefficient (Wildman–Crippen LogP) is 3.39. The molecule has 1 atom stereocenters. The molecule has 0 radical (unpaired) electrons. The summed E-state index contributed by atoms with van der Waals surface area (Å²) in [6.07, 6.45) is 2.08. The SMILES string of the molecule is C=CC(=O)OC(C)(C)C.CC1CCN(C(=O)OC(C)(C)C)C1.CO. The fraction of sp³-hybridized carbons (Fsp3) is 0.778. The summed E-state index contributed by atoms with van der Waals surface area (Å²) in [5.74, 6) is 0.245. The number of likely N-dealkylation sites (tertiary alicyclic amines) is 1. The van der Waals surface area contributed by atoms with Gasteiger partial charge in [0.25, 0.3) is 0 Å². The van der Waals surface area contributed by atoms with Gasteiger partial charge in [0.1, 0.15) is 11.2 Å². The van der Waals surface area contributed by atoms with Gasteiger partial charge in [0.05, 0.1) is 0 Å². The maximum Gasteiger partial charge on any atom is 0.410 e. The van der Waals surface area contributed by atoms with Crippen molar-refractivity contribution < 1.29 is 24.2 Å². The van der Waals surface area contributed by atoms with Crippen molar-refractivity contribution in [1.29, 1.82) is 0 Å². The summed E-state index contributed by atoms with van der Waals surface area (Å²) in [5, 5.41) is 7.00. The summed E-state index contributed by atoms with van der Waals surface area (Å²) in [6, 6.07) is 0. The Morgan fingerprint density at radius 3 is 1.79 bits per heavy atom. The number of aliphatic hydroxyl groups excluding tert-OH is 1. The van der Waals surface area contributed by atoms with E-state index in [0.29, 0.717) is 5.92 Å². The Kier molecular flexibility index (Phi) is 11.4. The van der Waals surface area contributed by atoms with Crippen LogP contribution in [0.25, 0.3) is 0 Å². The van der Waals surface area contributed by atoms with Gasteiger partial charge in [0.15, 0.2) is 0 Å². The minimum atomic E-state index is -0.398. The second kappa shape index (κ2) is 11.1. The number of rotatable bonds is 1. The van der Waals surface area contributed by atoms with Crippen LogP contribution in [-0.4, -0.2) is 53.5 Å². The zero-order valence-corrected chi connectivity index (χ0v) is 16.5. The number of hydrogen-bond acceptors (Lipinski definition) is 5. The monoisotopic (exact) mass is 345 g/mol. The highest BCUT2D eigenvalue weighted by Crippen LogP contribution is 2.18. The molecule has 24 heavy (non-hydrogen) atoms. The first kappa shape index (κ1) is 24.7. The third-order valence-electron chi connectivity index (χ3n) is 2.65. The molecule has 0 bridgehead atoms. The number of nitrogens with zero attached hydrogens (tertiary/aromatic N) is 1. The molecule has 1 aliphatic rings. The molecule has 0 aromatic heterocycles. The summed E-state index contributed by atoms with van der Waals surface area (Å²) in [7, 11) is 1.00. The van der Waals surface area contributed by atoms with Crippen molar-refractivity contribution in [2.45, 2.75) is 66.1 Å². The lowest BCUT2D eigenvalue weighted by atomic mass is 10.2. The Bertz CT molecular complexity index is 393. The zero-order chi connectivity index (χ0) is 19.6. The van der Waals surface area contributed by atoms with Crippen LogP contribution in [0.2, 0.25) is 0 Å². The smallest absolute Gasteiger partial charge is 0.410 e. The summed E-state index contributed by atoms with van der Waals surface area (Å²) >= 11 is 0. The van der Waals surface area contributed by atoms with Crippen LogP contribution < -0.4 is 0 Å². The van der Waals surface area contributed by atoms with Crippen molar-refractivity contribution in [3.63, 3.8) is 0 Å². The van der Waals surface area contributed by atoms with Gasteiger partial charge in [-0.05, 0) is 53.9 Å². The average molecular weight is 345 g/mol. The number of hydrogen-bond donors (Lipinski definition) is 1. The molecule has 1 N–H and O–H groups in total. The van der Waals surface area contributed by atoms with E-state index in [1.54, 1.807) is 4.90 Å². The molecule has 0 aliphatic carbocycles. The third kappa shape index (κ3) is 14.1. The van der Waals surface area contributed by atoms with E-state index in [9.17, 15) is 9.59 Å². The molecular formula is C18H35NO5. The van der Waals surface area contributed by atoms with E-state index in [1.165, 1.54) is 0 Å². The number of amides is 1. The Balaban J connectivity index is 0. The molecule has 0 saturated carbocycles. The average Bonchev–Trinajstić information content (AvgIpc) is 2.85. The van der Waals surface area contributed by atoms with Gasteiger partial charge < -0.3 is 19.5 Å². The van der Waals surface area contributed by atoms with Gasteiger partial charge in [0, 0.05) is 26.3 Å². The van der Waals surface area contributed by atoms with Crippen LogP contribution in [0.15, 0.2) is 12.7 Å². The van der Waals surface area contributed by atoms with E-state index in [4.69, 9.17) is 14.6 Å². The lowest BCUT2D eigenvalue weighted by molar-refractivity contribution is -0.148. The van der Waals surface area contributed by atoms with Crippen molar-refractivity contribution in [3.8, 4) is 0 Å². The molecule has 0 aromatic carbocycles. The first-order chi connectivity index (χ1) is 10.8. The van der Waals surface area contributed by atoms with Gasteiger partial charge in [0.2, 0.25) is 0 Å². The van der Waals surface area contributed by atoms with Crippen molar-refractivity contribution in [2.75, 3.05) is 20.2 Å². The Hall–Kier alpha value is -1.56. The van der Waals surface area contributed by atoms with Crippen molar-refractivity contribution in [2.24, 2.45) is 5.92 Å². The Morgan fingerprint density at radius 2 is 1.54 bits per heavy atom. The zero-order valence-electron chi connectivity index (χ0n) is 16.5. The fourth-order valence-corrected chi connectivity index (χ4v) is 1.77. The third-order valence-corrected chi connectivity index (χ3v) is 2.65. The van der Waals surface area contributed by atoms with Gasteiger partial charge in [-0.25, -0.2) is 9.59 Å². The molecule has 0 spiro atoms. The van der Waals surface area contributed by atoms with E-state index >= 15 is 0 Å². The van der Waals surface area contributed by atoms with Crippen LogP contribution in [0.4, 0.5) is 4.79 Å². The Morgan fingerprint density at radius 1 is 1.08 bits per heavy atom. The minimum absolute atomic E-state index is 0.170. The first-order valence-electron chi connectivity index (χ1n) is 8.12. The molecule has 6 heteroatoms. The number of ether oxygens (including phenoxy) is 2. The van der Waals surface area contributed by atoms with E-state index in [2.05, 4.69) is 13.5 Å². The maximum absolute atomic E-state index is 11.5. The van der Waals surface area contributed by atoms with Crippen LogP contribution in [-0.2, 0) is 14.3 Å². The van der Waals surface area contributed by atoms with Gasteiger partial charge in [-0.15, -0.1) is 0 Å². The molecule has 1 amide bonds. The Labute approximate surface area is 146 Å². The van der Waals surface area contributed by atoms with Crippen LogP contribution in [0.5, 0.6) is 0 Å². The quantitative estimate of drug-likeness (QED) is 0.582. The summed E-state index contributed by atoms with van der Waals surface area (Å²) < 4.78 is 10.1. The van der Waals surface area contributed by atoms with Crippen LogP contribution in [0, 0.1) is 5.92 Å². The molecule has 6 nitrogen and oxygen atoms in total. The highest BCUT2D eigenvalue weighted by atomic mass is 16.6. The van der Waals surface area contributed by atoms with Crippen LogP contribution in [0.1, 0.15) is 54.9 Å². The van der Waals surface area contributed by atoms with Crippen LogP contribution in [0.3, 0.4) is 0 Å². The molecule has 1 fully saturated rings. The van der Waals surface area contributed by atoms with E-state index in [-0.39, 0.29) is 17.7 Å². The van der Waals surface area contributed by atoms with E-state index in [1.807, 2.05) is 41.5 Å². The molecule has 1 saturated heterocycles. The lowest BCUT2D eigenvalue weighted by Crippen LogP contribution is -2.35. The second-order valence-corrected chi connectivity index (χ2v) is 7.56. The van der Waals surface area contributed by atoms with Gasteiger partial charge in [-0.2, -0.15) is 0 Å². The summed E-state index contributed by atoms with van der Waals surface area (Å²) in [6.45, 7) is 18.2. The molecule has 142 valence electrons. The topological polar surface area (TPSA) is 76.1 Å². The molecule has 1 heterocycles. The standard InChI is InChI=1S/C10H19NO2.C7H12O2.CH4O/c1-8-5-6-11(7-8)9(12)13-10(2,3)4;1-5-6(8)9-7(2,3)4;1-2/h8H,5-7H2,1-4H3;5H,1H2,2-4H3;2H,1H3. The highest BCUT2D eigenvalue weighted by Gasteiger charge is 2.27. The minimum Gasteiger partial charge on any atom is -0.457 e. The van der Waals surface area contributed by atoms with Gasteiger partial charge in [-0.1, -0.05) is 13.5 Å². The normalized spacial score (nSPS) is 16.9. The molecular weight excluding hydrogens is 310 g/mol. The van der Waals surface area contributed by atoms with E-state index < -0.39 is 5.60 Å². The summed E-state index contributed by atoms with van der Waals surface area (Å²) in [5.41, 5.74) is -0.770. The van der Waals surface area contributed by atoms with Crippen LogP contribution >= 0.6 is 0 Å². The summed E-state index contributed by atoms with van der Waals surface area (Å²) in [4.78, 5) is 23.8. The van der Waals surface area contributed by atoms with Crippen molar-refractivity contribution in [1.82, 2.24) is 4.90 Å². The number of esters is 1. The highest BCUT2D eigenvalue weighted by molar-refractivity contribution is 5.81. The molecule has 0 aromatic rings. The molecule has 1 rings (SSSR count). The van der Waals surface area contributed by atoms with Crippen molar-refractivity contribution in [3.05, 3.63) is 12.7 Å². The number of carbonyl (C=O) groups is 2. The molecule has 1 aliphatic heterocycles. The van der Waals surface area contributed by atoms with Crippen molar-refractivity contribution >= 4 is 12.1 Å². The van der Waals surface area contributed by atoms with Gasteiger partial charge in [-0.3, -0.25) is 0 Å². The number of carbonyl (C=O) groups excluding carboxylic acids is 2. The molecule has 1 unspecified atom stereocenters. The fourth-order valence-electron chi connectivity index (χ4n) is 1.77. The number of aliphatic hydroxyl groups is 1. The lowest BCUT2D eigenvalue weighted by Gasteiger charge is -2.24. The maximum atomic E-state index is 11.5. The van der Waals surface area contributed by atoms with Gasteiger partial charge >= 0.3 is 12.1 Å². The largest absolute Gasteiger partial charge is 0.457 e.